The summed E-state index contributed by atoms with van der Waals surface area (Å²) in [6.45, 7) is 2.06. The molecule has 0 amide bonds. The van der Waals surface area contributed by atoms with Crippen molar-refractivity contribution in [3.8, 4) is 0 Å². The molecule has 4 aromatic rings. The van der Waals surface area contributed by atoms with E-state index in [9.17, 15) is 5.11 Å². The molecule has 140 valence electrons. The summed E-state index contributed by atoms with van der Waals surface area (Å²) in [6, 6.07) is 27.5. The van der Waals surface area contributed by atoms with Gasteiger partial charge in [-0.15, -0.1) is 0 Å². The number of H-pyrrole nitrogens is 1. The number of rotatable bonds is 5. The van der Waals surface area contributed by atoms with E-state index in [0.717, 1.165) is 22.0 Å². The Bertz CT molecular complexity index is 1100. The lowest BCUT2D eigenvalue weighted by Crippen LogP contribution is -2.35. The summed E-state index contributed by atoms with van der Waals surface area (Å²) in [5.41, 5.74) is 1.37. The molecule has 3 aromatic carbocycles. The van der Waals surface area contributed by atoms with Crippen LogP contribution in [0.4, 0.5) is 0 Å². The lowest BCUT2D eigenvalue weighted by atomic mass is 9.74. The summed E-state index contributed by atoms with van der Waals surface area (Å²) in [6.07, 6.45) is 0.691. The Kier molecular flexibility index (Phi) is 5.07. The molecule has 1 unspecified atom stereocenters. The number of nitrogens with one attached hydrogen (secondary N) is 1. The maximum absolute atomic E-state index is 12.1. The van der Waals surface area contributed by atoms with Gasteiger partial charge >= 0.3 is 0 Å². The molecule has 0 aliphatic heterocycles. The highest BCUT2D eigenvalue weighted by molar-refractivity contribution is 7.71. The Morgan fingerprint density at radius 1 is 0.893 bits per heavy atom. The molecule has 4 rings (SSSR count). The number of para-hydroxylation sites is 1. The van der Waals surface area contributed by atoms with Crippen LogP contribution >= 0.6 is 12.2 Å². The fourth-order valence-electron chi connectivity index (χ4n) is 3.92. The molecule has 0 bridgehead atoms. The zero-order valence-corrected chi connectivity index (χ0v) is 16.5. The average molecular weight is 387 g/mol. The van der Waals surface area contributed by atoms with Crippen molar-refractivity contribution in [2.24, 2.45) is 0 Å². The van der Waals surface area contributed by atoms with E-state index in [1.165, 1.54) is 0 Å². The van der Waals surface area contributed by atoms with Crippen LogP contribution in [0.2, 0.25) is 0 Å². The maximum atomic E-state index is 12.1. The molecule has 1 atom stereocenters. The van der Waals surface area contributed by atoms with E-state index in [1.54, 1.807) is 0 Å². The summed E-state index contributed by atoms with van der Waals surface area (Å²) >= 11 is 5.55. The Hall–Kier alpha value is -2.82. The third kappa shape index (κ3) is 3.15. The standard InChI is InChI=1S/C24H22N2OS/c1-2-20(22-25-21-16-10-9-15-19(21)23(28)26-22)24(27,17-11-5-3-6-12-17)18-13-7-4-8-14-18/h3-16,20,27H,2H2,1H3,(H,25,26,28). The molecular weight excluding hydrogens is 364 g/mol. The Balaban J connectivity index is 1.96. The number of nitrogens with zero attached hydrogens (tertiary/aromatic N) is 1. The maximum Gasteiger partial charge on any atom is 0.137 e. The van der Waals surface area contributed by atoms with Gasteiger partial charge in [0.05, 0.1) is 5.92 Å². The van der Waals surface area contributed by atoms with Crippen molar-refractivity contribution in [1.82, 2.24) is 9.97 Å². The van der Waals surface area contributed by atoms with Gasteiger partial charge in [-0.25, -0.2) is 4.98 Å². The van der Waals surface area contributed by atoms with E-state index in [1.807, 2.05) is 84.9 Å². The smallest absolute Gasteiger partial charge is 0.137 e. The highest BCUT2D eigenvalue weighted by Crippen LogP contribution is 2.43. The van der Waals surface area contributed by atoms with Crippen LogP contribution in [0.3, 0.4) is 0 Å². The molecule has 3 nitrogen and oxygen atoms in total. The van der Waals surface area contributed by atoms with Gasteiger partial charge in [0.15, 0.2) is 0 Å². The molecule has 0 saturated carbocycles. The minimum absolute atomic E-state index is 0.288. The first kappa shape index (κ1) is 18.5. The molecule has 1 heterocycles. The average Bonchev–Trinajstić information content (AvgIpc) is 2.75. The van der Waals surface area contributed by atoms with Gasteiger partial charge in [0.2, 0.25) is 0 Å². The topological polar surface area (TPSA) is 48.9 Å². The molecule has 0 spiro atoms. The van der Waals surface area contributed by atoms with E-state index < -0.39 is 5.60 Å². The van der Waals surface area contributed by atoms with Crippen LogP contribution in [0.15, 0.2) is 84.9 Å². The van der Waals surface area contributed by atoms with Crippen molar-refractivity contribution in [3.63, 3.8) is 0 Å². The normalized spacial score (nSPS) is 12.8. The van der Waals surface area contributed by atoms with Crippen molar-refractivity contribution in [2.45, 2.75) is 24.9 Å². The van der Waals surface area contributed by atoms with E-state index in [-0.39, 0.29) is 5.92 Å². The third-order valence-corrected chi connectivity index (χ3v) is 5.62. The van der Waals surface area contributed by atoms with Gasteiger partial charge in [-0.05, 0) is 29.7 Å². The van der Waals surface area contributed by atoms with E-state index in [4.69, 9.17) is 12.2 Å². The number of aliphatic hydroxyl groups is 1. The quantitative estimate of drug-likeness (QED) is 0.431. The molecule has 0 radical (unpaired) electrons. The SMILES string of the molecule is CCC(c1nc(=S)c2ccccc2[nH]1)C(O)(c1ccccc1)c1ccccc1. The monoisotopic (exact) mass is 386 g/mol. The highest BCUT2D eigenvalue weighted by atomic mass is 32.1. The van der Waals surface area contributed by atoms with Crippen LogP contribution in [-0.4, -0.2) is 15.1 Å². The van der Waals surface area contributed by atoms with E-state index >= 15 is 0 Å². The number of hydrogen-bond donors (Lipinski definition) is 2. The van der Waals surface area contributed by atoms with Gasteiger partial charge in [-0.1, -0.05) is 91.9 Å². The Morgan fingerprint density at radius 3 is 2.00 bits per heavy atom. The second-order valence-electron chi connectivity index (χ2n) is 6.93. The van der Waals surface area contributed by atoms with Gasteiger partial charge in [-0.2, -0.15) is 0 Å². The summed E-state index contributed by atoms with van der Waals surface area (Å²) in [4.78, 5) is 8.11. The van der Waals surface area contributed by atoms with E-state index in [2.05, 4.69) is 16.9 Å². The molecule has 0 saturated heterocycles. The van der Waals surface area contributed by atoms with Crippen LogP contribution < -0.4 is 0 Å². The van der Waals surface area contributed by atoms with Crippen molar-refractivity contribution in [1.29, 1.82) is 0 Å². The largest absolute Gasteiger partial charge is 0.380 e. The fourth-order valence-corrected chi connectivity index (χ4v) is 4.20. The zero-order valence-electron chi connectivity index (χ0n) is 15.7. The lowest BCUT2D eigenvalue weighted by molar-refractivity contribution is 0.0447. The Morgan fingerprint density at radius 2 is 1.43 bits per heavy atom. The van der Waals surface area contributed by atoms with Gasteiger partial charge in [0, 0.05) is 10.9 Å². The number of hydrogen-bond acceptors (Lipinski definition) is 3. The molecule has 2 N–H and O–H groups in total. The van der Waals surface area contributed by atoms with Gasteiger partial charge in [-0.3, -0.25) is 0 Å². The first-order chi connectivity index (χ1) is 13.6. The number of aromatic nitrogens is 2. The molecule has 28 heavy (non-hydrogen) atoms. The van der Waals surface area contributed by atoms with Gasteiger partial charge < -0.3 is 10.1 Å². The minimum Gasteiger partial charge on any atom is -0.380 e. The first-order valence-electron chi connectivity index (χ1n) is 9.47. The second kappa shape index (κ2) is 7.66. The number of benzene rings is 3. The van der Waals surface area contributed by atoms with Crippen LogP contribution in [0.25, 0.3) is 10.9 Å². The predicted octanol–water partition coefficient (Wildman–Crippen LogP) is 5.72. The van der Waals surface area contributed by atoms with Crippen molar-refractivity contribution < 1.29 is 5.11 Å². The highest BCUT2D eigenvalue weighted by Gasteiger charge is 2.41. The van der Waals surface area contributed by atoms with E-state index in [0.29, 0.717) is 16.9 Å². The second-order valence-corrected chi connectivity index (χ2v) is 7.32. The van der Waals surface area contributed by atoms with Gasteiger partial charge in [0.25, 0.3) is 0 Å². The van der Waals surface area contributed by atoms with Crippen LogP contribution in [0.5, 0.6) is 0 Å². The molecular formula is C24H22N2OS. The molecule has 0 aliphatic rings. The van der Waals surface area contributed by atoms with Crippen molar-refractivity contribution >= 4 is 23.1 Å². The molecule has 1 aromatic heterocycles. The summed E-state index contributed by atoms with van der Waals surface area (Å²) < 4.78 is 0.547. The molecule has 4 heteroatoms. The summed E-state index contributed by atoms with van der Waals surface area (Å²) in [7, 11) is 0. The number of aromatic amines is 1. The summed E-state index contributed by atoms with van der Waals surface area (Å²) in [5, 5.41) is 13.1. The zero-order chi connectivity index (χ0) is 19.6. The lowest BCUT2D eigenvalue weighted by Gasteiger charge is -2.36. The van der Waals surface area contributed by atoms with Crippen molar-refractivity contribution in [3.05, 3.63) is 107 Å². The third-order valence-electron chi connectivity index (χ3n) is 5.31. The van der Waals surface area contributed by atoms with Crippen molar-refractivity contribution in [2.75, 3.05) is 0 Å². The van der Waals surface area contributed by atoms with Crippen LogP contribution in [0, 0.1) is 4.64 Å². The molecule has 0 fully saturated rings. The van der Waals surface area contributed by atoms with Gasteiger partial charge in [0.1, 0.15) is 16.1 Å². The first-order valence-corrected chi connectivity index (χ1v) is 9.87. The fraction of sp³-hybridized carbons (Fsp3) is 0.167. The molecule has 0 aliphatic carbocycles. The number of fused-ring (bicyclic) bond motifs is 1. The summed E-state index contributed by atoms with van der Waals surface area (Å²) in [5.74, 6) is 0.407. The van der Waals surface area contributed by atoms with Crippen LogP contribution in [0.1, 0.15) is 36.2 Å². The minimum atomic E-state index is -1.23. The predicted molar refractivity (Wildman–Crippen MR) is 116 cm³/mol. The van der Waals surface area contributed by atoms with Crippen LogP contribution in [-0.2, 0) is 5.60 Å². The Labute approximate surface area is 169 Å².